The van der Waals surface area contributed by atoms with Gasteiger partial charge in [0.05, 0.1) is 0 Å². The number of benzene rings is 4. The second-order valence-corrected chi connectivity index (χ2v) is 12.1. The molecule has 0 atom stereocenters. The van der Waals surface area contributed by atoms with E-state index in [9.17, 15) is 0 Å². The van der Waals surface area contributed by atoms with Crippen molar-refractivity contribution in [3.63, 3.8) is 0 Å². The summed E-state index contributed by atoms with van der Waals surface area (Å²) in [6.07, 6.45) is 4.42. The Balaban J connectivity index is 0.00000196. The minimum atomic E-state index is -0.372. The maximum absolute atomic E-state index is 2.49. The van der Waals surface area contributed by atoms with Gasteiger partial charge in [0.2, 0.25) is 0 Å². The molecule has 1 aliphatic rings. The summed E-state index contributed by atoms with van der Waals surface area (Å²) < 4.78 is 1.44. The average Bonchev–Trinajstić information content (AvgIpc) is 3.19. The van der Waals surface area contributed by atoms with Crippen LogP contribution in [0.15, 0.2) is 106 Å². The van der Waals surface area contributed by atoms with E-state index in [1.165, 1.54) is 70.7 Å². The number of rotatable bonds is 6. The predicted octanol–water partition coefficient (Wildman–Crippen LogP) is 0.257. The summed E-state index contributed by atoms with van der Waals surface area (Å²) in [7, 11) is 0. The standard InChI is InChI=1S/C37H37.3ClH.Ti/c1-25-14-26(2)18-34(17-25)37(35-19-27(3)15-28(4)20-35,36-21-29(5)16-30(6)22-36)33-13-12-32(24-33)23-31-10-8-7-9-11-31;;;;/h7-12,14-22H,13,23H2,1-6H3;3*1H;/q;;;;+3/p-3. The van der Waals surface area contributed by atoms with Gasteiger partial charge >= 0.3 is 242 Å². The van der Waals surface area contributed by atoms with E-state index in [-0.39, 0.29) is 42.6 Å². The quantitative estimate of drug-likeness (QED) is 0.211. The van der Waals surface area contributed by atoms with Gasteiger partial charge in [-0.15, -0.1) is 0 Å². The molecule has 4 aromatic rings. The second kappa shape index (κ2) is 14.4. The second-order valence-electron chi connectivity index (χ2n) is 11.3. The fraction of sp³-hybridized carbons (Fsp3) is 0.243. The summed E-state index contributed by atoms with van der Waals surface area (Å²) in [5, 5.41) is 0. The fourth-order valence-corrected chi connectivity index (χ4v) is 7.29. The molecule has 0 fully saturated rings. The predicted molar refractivity (Wildman–Crippen MR) is 158 cm³/mol. The SMILES string of the molecule is Cc1cc(C)cc(C(C2=[C]([Ti+3])C(Cc3ccccc3)=CC2)(c2cc(C)cc(C)c2)c2cc(C)cc(C)c2)c1.[Cl-].[Cl-].[Cl-]. The molecule has 0 heterocycles. The van der Waals surface area contributed by atoms with E-state index in [1.807, 2.05) is 0 Å². The normalized spacial score (nSPS) is 12.7. The molecule has 210 valence electrons. The molecular formula is C37H37Cl3Ti. The van der Waals surface area contributed by atoms with E-state index in [2.05, 4.69) is 153 Å². The molecule has 0 radical (unpaired) electrons. The van der Waals surface area contributed by atoms with Crippen LogP contribution in [0.25, 0.3) is 0 Å². The van der Waals surface area contributed by atoms with Crippen LogP contribution in [0.5, 0.6) is 0 Å². The molecule has 4 aromatic carbocycles. The Bertz CT molecular complexity index is 1400. The molecule has 0 amide bonds. The minimum absolute atomic E-state index is 0. The van der Waals surface area contributed by atoms with Gasteiger partial charge in [-0.3, -0.25) is 0 Å². The van der Waals surface area contributed by atoms with Crippen molar-refractivity contribution in [1.29, 1.82) is 0 Å². The van der Waals surface area contributed by atoms with Gasteiger partial charge in [0.1, 0.15) is 0 Å². The van der Waals surface area contributed by atoms with Crippen molar-refractivity contribution >= 4 is 0 Å². The third kappa shape index (κ3) is 7.13. The van der Waals surface area contributed by atoms with Crippen LogP contribution in [-0.2, 0) is 32.3 Å². The molecule has 41 heavy (non-hydrogen) atoms. The van der Waals surface area contributed by atoms with Gasteiger partial charge < -0.3 is 37.2 Å². The van der Waals surface area contributed by atoms with Crippen molar-refractivity contribution in [2.75, 3.05) is 0 Å². The summed E-state index contributed by atoms with van der Waals surface area (Å²) in [6.45, 7) is 13.4. The Hall–Kier alpha value is -2.06. The molecule has 4 heteroatoms. The summed E-state index contributed by atoms with van der Waals surface area (Å²) in [4.78, 5) is 0. The number of allylic oxidation sites excluding steroid dienone is 4. The van der Waals surface area contributed by atoms with Crippen molar-refractivity contribution in [2.24, 2.45) is 0 Å². The van der Waals surface area contributed by atoms with Gasteiger partial charge in [-0.05, 0) is 0 Å². The molecule has 0 saturated heterocycles. The summed E-state index contributed by atoms with van der Waals surface area (Å²) >= 11 is 2.36. The first-order valence-corrected chi connectivity index (χ1v) is 14.4. The van der Waals surface area contributed by atoms with Crippen LogP contribution in [-0.4, -0.2) is 0 Å². The molecule has 0 aromatic heterocycles. The van der Waals surface area contributed by atoms with E-state index in [0.29, 0.717) is 0 Å². The summed E-state index contributed by atoms with van der Waals surface area (Å²) in [6, 6.07) is 32.4. The van der Waals surface area contributed by atoms with Crippen LogP contribution in [0.4, 0.5) is 0 Å². The zero-order valence-electron chi connectivity index (χ0n) is 24.7. The van der Waals surface area contributed by atoms with Crippen LogP contribution >= 0.6 is 0 Å². The van der Waals surface area contributed by atoms with Crippen LogP contribution in [0.3, 0.4) is 0 Å². The van der Waals surface area contributed by atoms with E-state index in [1.54, 1.807) is 0 Å². The van der Waals surface area contributed by atoms with Gasteiger partial charge in [-0.2, -0.15) is 0 Å². The maximum Gasteiger partial charge on any atom is -1.00 e. The molecule has 0 unspecified atom stereocenters. The molecule has 0 aliphatic heterocycles. The van der Waals surface area contributed by atoms with E-state index < -0.39 is 0 Å². The van der Waals surface area contributed by atoms with E-state index in [0.717, 1.165) is 12.8 Å². The van der Waals surface area contributed by atoms with Crippen molar-refractivity contribution in [1.82, 2.24) is 0 Å². The van der Waals surface area contributed by atoms with Gasteiger partial charge in [0.15, 0.2) is 0 Å². The zero-order valence-corrected chi connectivity index (χ0v) is 28.5. The first-order valence-electron chi connectivity index (χ1n) is 13.6. The van der Waals surface area contributed by atoms with E-state index in [4.69, 9.17) is 0 Å². The number of hydrogen-bond donors (Lipinski definition) is 0. The average molecular weight is 636 g/mol. The molecule has 0 bridgehead atoms. The smallest absolute Gasteiger partial charge is 1.00 e. The summed E-state index contributed by atoms with van der Waals surface area (Å²) in [5.41, 5.74) is 15.9. The molecule has 0 N–H and O–H groups in total. The van der Waals surface area contributed by atoms with Crippen molar-refractivity contribution < 1.29 is 57.7 Å². The Kier molecular flexibility index (Phi) is 12.4. The fourth-order valence-electron chi connectivity index (χ4n) is 6.54. The van der Waals surface area contributed by atoms with Gasteiger partial charge in [-0.1, -0.05) is 0 Å². The van der Waals surface area contributed by atoms with Crippen molar-refractivity contribution in [2.45, 2.75) is 59.8 Å². The molecule has 5 rings (SSSR count). The molecule has 0 saturated carbocycles. The monoisotopic (exact) mass is 634 g/mol. The zero-order chi connectivity index (χ0) is 27.0. The molecular weight excluding hydrogens is 599 g/mol. The Morgan fingerprint density at radius 1 is 0.561 bits per heavy atom. The number of halogens is 3. The van der Waals surface area contributed by atoms with Gasteiger partial charge in [0.25, 0.3) is 0 Å². The van der Waals surface area contributed by atoms with Crippen LogP contribution in [0.2, 0.25) is 0 Å². The van der Waals surface area contributed by atoms with Crippen molar-refractivity contribution in [3.05, 3.63) is 162 Å². The van der Waals surface area contributed by atoms with Gasteiger partial charge in [0, 0.05) is 0 Å². The van der Waals surface area contributed by atoms with Crippen LogP contribution < -0.4 is 37.2 Å². The topological polar surface area (TPSA) is 0 Å². The Morgan fingerprint density at radius 2 is 0.927 bits per heavy atom. The summed E-state index contributed by atoms with van der Waals surface area (Å²) in [5.74, 6) is 0. The third-order valence-electron chi connectivity index (χ3n) is 7.83. The Labute approximate surface area is 277 Å². The van der Waals surface area contributed by atoms with Crippen LogP contribution in [0, 0.1) is 41.5 Å². The third-order valence-corrected chi connectivity index (χ3v) is 8.80. The number of hydrogen-bond acceptors (Lipinski definition) is 0. The Morgan fingerprint density at radius 3 is 1.29 bits per heavy atom. The van der Waals surface area contributed by atoms with Gasteiger partial charge in [-0.25, -0.2) is 0 Å². The molecule has 0 nitrogen and oxygen atoms in total. The molecule has 1 aliphatic carbocycles. The number of aryl methyl sites for hydroxylation is 6. The first kappa shape index (κ1) is 35.1. The first-order chi connectivity index (χ1) is 18.2. The van der Waals surface area contributed by atoms with E-state index >= 15 is 0 Å². The minimum Gasteiger partial charge on any atom is -1.00 e. The van der Waals surface area contributed by atoms with Crippen LogP contribution in [0.1, 0.15) is 62.1 Å². The maximum atomic E-state index is 2.49. The molecule has 0 spiro atoms. The largest absolute Gasteiger partial charge is 1.00 e. The van der Waals surface area contributed by atoms with Crippen molar-refractivity contribution in [3.8, 4) is 0 Å².